The smallest absolute Gasteiger partial charge is 0.178 e. The Morgan fingerprint density at radius 2 is 0.939 bits per heavy atom. The van der Waals surface area contributed by atoms with Crippen LogP contribution in [-0.2, 0) is 0 Å². The van der Waals surface area contributed by atoms with Crippen molar-refractivity contribution in [2.45, 2.75) is 0 Å². The van der Waals surface area contributed by atoms with Crippen molar-refractivity contribution in [3.05, 3.63) is 213 Å². The summed E-state index contributed by atoms with van der Waals surface area (Å²) in [4.78, 5) is 19.6. The van der Waals surface area contributed by atoms with Gasteiger partial charge >= 0.3 is 0 Å². The molecule has 0 amide bonds. The molecule has 0 unspecified atom stereocenters. The summed E-state index contributed by atoms with van der Waals surface area (Å²) in [6, 6.07) is 68.6. The van der Waals surface area contributed by atoms with Gasteiger partial charge < -0.3 is 18.9 Å². The van der Waals surface area contributed by atoms with Crippen molar-refractivity contribution in [3.63, 3.8) is 0 Å². The molecule has 0 atom stereocenters. The van der Waals surface area contributed by atoms with E-state index in [1.54, 1.807) is 12.4 Å². The summed E-state index contributed by atoms with van der Waals surface area (Å²) in [6.07, 6.45) is 5.44. The summed E-state index contributed by atoms with van der Waals surface area (Å²) in [7, 11) is 0. The first-order valence-electron chi connectivity index (χ1n) is 22.2. The lowest BCUT2D eigenvalue weighted by Gasteiger charge is -2.26. The monoisotopic (exact) mass is 847 g/mol. The van der Waals surface area contributed by atoms with Gasteiger partial charge in [-0.05, 0) is 53.6 Å². The van der Waals surface area contributed by atoms with E-state index in [-0.39, 0.29) is 0 Å². The van der Waals surface area contributed by atoms with E-state index in [1.165, 1.54) is 21.7 Å². The van der Waals surface area contributed by atoms with E-state index < -0.39 is 0 Å². The second-order valence-electron chi connectivity index (χ2n) is 16.9. The van der Waals surface area contributed by atoms with Gasteiger partial charge in [-0.3, -0.25) is 4.40 Å². The third kappa shape index (κ3) is 5.36. The minimum Gasteiger partial charge on any atom is -0.457 e. The maximum atomic E-state index is 6.86. The molecule has 5 aromatic heterocycles. The van der Waals surface area contributed by atoms with Gasteiger partial charge in [0.25, 0.3) is 0 Å². The minimum atomic E-state index is 0.499. The average molecular weight is 848 g/mol. The molecule has 6 heterocycles. The first kappa shape index (κ1) is 36.5. The largest absolute Gasteiger partial charge is 0.457 e. The SMILES string of the molecule is c1ccc(-c2cccc(-c3ccccc3)c2N2CN(c3cccc(Oc4ccc5c6cccc7c8cccc9c%10ccccc%10n(c%10cccnc%10n(c5c4)c67)c98)c3)c3nccnc32)cc1. The molecule has 8 heteroatoms. The van der Waals surface area contributed by atoms with Crippen molar-refractivity contribution in [1.82, 2.24) is 23.8 Å². The van der Waals surface area contributed by atoms with Gasteiger partial charge in [0.15, 0.2) is 17.3 Å². The molecular formula is C58H37N7O. The van der Waals surface area contributed by atoms with Gasteiger partial charge in [0.05, 0.1) is 33.3 Å². The zero-order valence-corrected chi connectivity index (χ0v) is 35.5. The van der Waals surface area contributed by atoms with E-state index in [1.807, 2.05) is 24.4 Å². The molecule has 0 fully saturated rings. The van der Waals surface area contributed by atoms with Gasteiger partial charge in [0, 0.05) is 79.9 Å². The molecule has 14 rings (SSSR count). The second-order valence-corrected chi connectivity index (χ2v) is 16.9. The van der Waals surface area contributed by atoms with Crippen LogP contribution < -0.4 is 14.5 Å². The summed E-state index contributed by atoms with van der Waals surface area (Å²) < 4.78 is 11.6. The average Bonchev–Trinajstić information content (AvgIpc) is 4.04. The topological polar surface area (TPSA) is 63.2 Å². The van der Waals surface area contributed by atoms with Crippen LogP contribution in [0.2, 0.25) is 0 Å². The highest BCUT2D eigenvalue weighted by molar-refractivity contribution is 6.25. The minimum absolute atomic E-state index is 0.499. The van der Waals surface area contributed by atoms with E-state index in [4.69, 9.17) is 19.7 Å². The fourth-order valence-corrected chi connectivity index (χ4v) is 10.5. The van der Waals surface area contributed by atoms with Crippen LogP contribution in [0.1, 0.15) is 0 Å². The fraction of sp³-hybridized carbons (Fsp3) is 0.0172. The van der Waals surface area contributed by atoms with Crippen LogP contribution in [0.3, 0.4) is 0 Å². The third-order valence-corrected chi connectivity index (χ3v) is 13.3. The molecule has 0 aliphatic carbocycles. The number of hydrogen-bond donors (Lipinski definition) is 0. The lowest BCUT2D eigenvalue weighted by Crippen LogP contribution is -2.25. The van der Waals surface area contributed by atoms with E-state index in [9.17, 15) is 0 Å². The molecule has 8 nitrogen and oxygen atoms in total. The van der Waals surface area contributed by atoms with Crippen molar-refractivity contribution in [2.24, 2.45) is 0 Å². The quantitative estimate of drug-likeness (QED) is 0.166. The number of anilines is 4. The summed E-state index contributed by atoms with van der Waals surface area (Å²) in [5.41, 5.74) is 12.9. The molecule has 0 bridgehead atoms. The molecule has 0 spiro atoms. The maximum absolute atomic E-state index is 6.86. The summed E-state index contributed by atoms with van der Waals surface area (Å²) in [5, 5.41) is 7.09. The molecule has 0 N–H and O–H groups in total. The Morgan fingerprint density at radius 1 is 0.379 bits per heavy atom. The van der Waals surface area contributed by atoms with E-state index in [0.717, 1.165) is 94.9 Å². The Bertz CT molecular complexity index is 4030. The van der Waals surface area contributed by atoms with Crippen LogP contribution in [0.5, 0.6) is 11.5 Å². The number of ether oxygens (including phenoxy) is 1. The summed E-state index contributed by atoms with van der Waals surface area (Å²) in [5.74, 6) is 3.01. The lowest BCUT2D eigenvalue weighted by atomic mass is 9.95. The van der Waals surface area contributed by atoms with Crippen LogP contribution in [0, 0.1) is 0 Å². The van der Waals surface area contributed by atoms with Gasteiger partial charge in [0.1, 0.15) is 18.2 Å². The Morgan fingerprint density at radius 3 is 1.67 bits per heavy atom. The Balaban J connectivity index is 0.907. The fourth-order valence-electron chi connectivity index (χ4n) is 10.5. The number of pyridine rings is 1. The normalized spacial score (nSPS) is 12.7. The zero-order chi connectivity index (χ0) is 43.3. The molecule has 13 aromatic rings. The van der Waals surface area contributed by atoms with Gasteiger partial charge in [-0.15, -0.1) is 0 Å². The molecular weight excluding hydrogens is 811 g/mol. The number of hydrogen-bond acceptors (Lipinski definition) is 6. The highest BCUT2D eigenvalue weighted by Crippen LogP contribution is 2.49. The van der Waals surface area contributed by atoms with Crippen LogP contribution >= 0.6 is 0 Å². The first-order valence-corrected chi connectivity index (χ1v) is 22.2. The Kier molecular flexibility index (Phi) is 7.88. The van der Waals surface area contributed by atoms with Crippen molar-refractivity contribution in [2.75, 3.05) is 16.5 Å². The number of fused-ring (bicyclic) bond motifs is 11. The predicted molar refractivity (Wildman–Crippen MR) is 269 cm³/mol. The standard InChI is InChI=1S/C58H37N7O/c1-3-14-37(15-4-1)42-21-10-22-43(38-16-5-2-6-17-38)53(42)63-36-62(57-58(63)61-33-32-60-57)39-18-9-19-40(34-39)66-41-29-30-45-47-24-12-26-49-48-25-11-23-46-44-20-7-8-27-50(44)64(54(46)48)51-28-13-31-59-56(51)65(55(47)49)52(45)35-41/h1-35H,36H2. The number of aromatic nitrogens is 5. The van der Waals surface area contributed by atoms with Crippen molar-refractivity contribution in [1.29, 1.82) is 0 Å². The molecule has 8 aromatic carbocycles. The van der Waals surface area contributed by atoms with Gasteiger partial charge in [-0.2, -0.15) is 0 Å². The van der Waals surface area contributed by atoms with Gasteiger partial charge in [-0.1, -0.05) is 140 Å². The predicted octanol–water partition coefficient (Wildman–Crippen LogP) is 14.5. The highest BCUT2D eigenvalue weighted by Gasteiger charge is 2.34. The Labute approximate surface area is 378 Å². The van der Waals surface area contributed by atoms with Gasteiger partial charge in [-0.25, -0.2) is 15.0 Å². The molecule has 66 heavy (non-hydrogen) atoms. The van der Waals surface area contributed by atoms with Crippen LogP contribution in [0.4, 0.5) is 23.0 Å². The van der Waals surface area contributed by atoms with E-state index >= 15 is 0 Å². The van der Waals surface area contributed by atoms with E-state index in [0.29, 0.717) is 12.4 Å². The number of benzene rings is 8. The number of nitrogens with zero attached hydrogens (tertiary/aromatic N) is 7. The van der Waals surface area contributed by atoms with Gasteiger partial charge in [0.2, 0.25) is 0 Å². The zero-order valence-electron chi connectivity index (χ0n) is 35.5. The van der Waals surface area contributed by atoms with Crippen LogP contribution in [-0.4, -0.2) is 30.4 Å². The number of para-hydroxylation sites is 4. The van der Waals surface area contributed by atoms with Crippen molar-refractivity contribution >= 4 is 88.6 Å². The van der Waals surface area contributed by atoms with Crippen molar-refractivity contribution < 1.29 is 4.74 Å². The molecule has 310 valence electrons. The third-order valence-electron chi connectivity index (χ3n) is 13.3. The van der Waals surface area contributed by atoms with Crippen LogP contribution in [0.25, 0.3) is 87.8 Å². The lowest BCUT2D eigenvalue weighted by molar-refractivity contribution is 0.483. The Hall–Kier alpha value is -9.01. The van der Waals surface area contributed by atoms with E-state index in [2.05, 4.69) is 195 Å². The molecule has 0 saturated carbocycles. The first-order chi connectivity index (χ1) is 32.8. The van der Waals surface area contributed by atoms with Crippen LogP contribution in [0.15, 0.2) is 213 Å². The molecule has 1 aliphatic rings. The second kappa shape index (κ2) is 14.3. The summed E-state index contributed by atoms with van der Waals surface area (Å²) in [6.45, 7) is 0.499. The van der Waals surface area contributed by atoms with Crippen molar-refractivity contribution in [3.8, 4) is 33.8 Å². The highest BCUT2D eigenvalue weighted by atomic mass is 16.5. The molecule has 0 saturated heterocycles. The number of rotatable bonds is 6. The molecule has 0 radical (unpaired) electrons. The maximum Gasteiger partial charge on any atom is 0.178 e. The summed E-state index contributed by atoms with van der Waals surface area (Å²) >= 11 is 0. The molecule has 1 aliphatic heterocycles.